The number of nitrogens with one attached hydrogen (secondary N) is 1. The lowest BCUT2D eigenvalue weighted by Crippen LogP contribution is -2.13. The summed E-state index contributed by atoms with van der Waals surface area (Å²) in [6, 6.07) is 11.9. The lowest BCUT2D eigenvalue weighted by Gasteiger charge is -2.13. The molecule has 0 amide bonds. The van der Waals surface area contributed by atoms with Crippen LogP contribution in [0.3, 0.4) is 0 Å². The van der Waals surface area contributed by atoms with Crippen LogP contribution in [0, 0.1) is 0 Å². The number of thioether (sulfide) groups is 1. The lowest BCUT2D eigenvalue weighted by molar-refractivity contribution is 0.297. The van der Waals surface area contributed by atoms with Crippen LogP contribution in [0.1, 0.15) is 6.42 Å². The molecule has 1 N–H and O–H groups in total. The zero-order chi connectivity index (χ0) is 17.7. The van der Waals surface area contributed by atoms with E-state index in [1.54, 1.807) is 24.3 Å². The van der Waals surface area contributed by atoms with Gasteiger partial charge in [-0.1, -0.05) is 18.2 Å². The van der Waals surface area contributed by atoms with Crippen molar-refractivity contribution < 1.29 is 17.9 Å². The van der Waals surface area contributed by atoms with Gasteiger partial charge < -0.3 is 9.47 Å². The minimum Gasteiger partial charge on any atom is -0.490 e. The normalized spacial score (nSPS) is 13.8. The van der Waals surface area contributed by atoms with Crippen LogP contribution in [-0.2, 0) is 10.0 Å². The Balaban J connectivity index is 1.88. The molecule has 0 saturated carbocycles. The number of fused-ring (bicyclic) bond motifs is 1. The Bertz CT molecular complexity index is 865. The highest BCUT2D eigenvalue weighted by Crippen LogP contribution is 2.33. The first-order chi connectivity index (χ1) is 12.1. The number of sulfonamides is 1. The largest absolute Gasteiger partial charge is 0.490 e. The van der Waals surface area contributed by atoms with E-state index in [4.69, 9.17) is 9.47 Å². The number of hydrogen-bond donors (Lipinski definition) is 1. The van der Waals surface area contributed by atoms with Crippen molar-refractivity contribution in [3.05, 3.63) is 55.1 Å². The van der Waals surface area contributed by atoms with Crippen LogP contribution in [0.15, 0.2) is 64.9 Å². The fourth-order valence-electron chi connectivity index (χ4n) is 2.34. The number of anilines is 1. The van der Waals surface area contributed by atoms with Crippen LogP contribution in [0.4, 0.5) is 5.69 Å². The summed E-state index contributed by atoms with van der Waals surface area (Å²) in [5.41, 5.74) is 0.543. The molecule has 25 heavy (non-hydrogen) atoms. The van der Waals surface area contributed by atoms with E-state index in [0.29, 0.717) is 36.2 Å². The molecule has 1 aliphatic rings. The van der Waals surface area contributed by atoms with E-state index in [-0.39, 0.29) is 4.90 Å². The fourth-order valence-corrected chi connectivity index (χ4v) is 4.25. The molecule has 5 nitrogen and oxygen atoms in total. The monoisotopic (exact) mass is 377 g/mol. The van der Waals surface area contributed by atoms with E-state index in [2.05, 4.69) is 11.3 Å². The van der Waals surface area contributed by atoms with Gasteiger partial charge in [0.1, 0.15) is 0 Å². The number of para-hydroxylation sites is 1. The summed E-state index contributed by atoms with van der Waals surface area (Å²) in [5.74, 6) is 1.72. The third kappa shape index (κ3) is 4.29. The van der Waals surface area contributed by atoms with E-state index < -0.39 is 10.0 Å². The Morgan fingerprint density at radius 3 is 2.68 bits per heavy atom. The van der Waals surface area contributed by atoms with Gasteiger partial charge in [-0.3, -0.25) is 4.72 Å². The van der Waals surface area contributed by atoms with Crippen LogP contribution < -0.4 is 14.2 Å². The molecule has 0 fully saturated rings. The molecular weight excluding hydrogens is 358 g/mol. The van der Waals surface area contributed by atoms with Gasteiger partial charge >= 0.3 is 0 Å². The third-order valence-electron chi connectivity index (χ3n) is 3.52. The van der Waals surface area contributed by atoms with Gasteiger partial charge in [-0.25, -0.2) is 8.42 Å². The molecule has 2 aromatic carbocycles. The van der Waals surface area contributed by atoms with Gasteiger partial charge in [-0.2, -0.15) is 0 Å². The lowest BCUT2D eigenvalue weighted by atomic mass is 10.3. The molecule has 0 bridgehead atoms. The number of ether oxygens (including phenoxy) is 2. The van der Waals surface area contributed by atoms with Gasteiger partial charge in [0.15, 0.2) is 11.5 Å². The Morgan fingerprint density at radius 2 is 1.88 bits per heavy atom. The zero-order valence-electron chi connectivity index (χ0n) is 13.6. The van der Waals surface area contributed by atoms with Gasteiger partial charge in [-0.15, -0.1) is 18.3 Å². The second-order valence-electron chi connectivity index (χ2n) is 5.36. The van der Waals surface area contributed by atoms with Gasteiger partial charge in [0.2, 0.25) is 0 Å². The summed E-state index contributed by atoms with van der Waals surface area (Å²) < 4.78 is 39.3. The maximum absolute atomic E-state index is 12.8. The predicted molar refractivity (Wildman–Crippen MR) is 100 cm³/mol. The van der Waals surface area contributed by atoms with Gasteiger partial charge in [0.05, 0.1) is 23.8 Å². The summed E-state index contributed by atoms with van der Waals surface area (Å²) in [6.07, 6.45) is 2.54. The predicted octanol–water partition coefficient (Wildman–Crippen LogP) is 3.93. The Hall–Kier alpha value is -2.12. The summed E-state index contributed by atoms with van der Waals surface area (Å²) in [6.45, 7) is 4.76. The van der Waals surface area contributed by atoms with Crippen molar-refractivity contribution >= 4 is 27.5 Å². The molecule has 1 aliphatic heterocycles. The fraction of sp³-hybridized carbons (Fsp3) is 0.222. The highest BCUT2D eigenvalue weighted by molar-refractivity contribution is 7.99. The van der Waals surface area contributed by atoms with Crippen LogP contribution in [0.2, 0.25) is 0 Å². The standard InChI is InChI=1S/C18H19NO4S2/c1-2-12-24-18-7-4-3-6-15(18)19-25(20,21)14-8-9-16-17(13-14)23-11-5-10-22-16/h2-4,6-9,13,19H,1,5,10-12H2. The van der Waals surface area contributed by atoms with Crippen molar-refractivity contribution in [2.75, 3.05) is 23.7 Å². The maximum atomic E-state index is 12.8. The highest BCUT2D eigenvalue weighted by Gasteiger charge is 2.20. The van der Waals surface area contributed by atoms with Crippen molar-refractivity contribution in [3.63, 3.8) is 0 Å². The smallest absolute Gasteiger partial charge is 0.262 e. The topological polar surface area (TPSA) is 64.6 Å². The van der Waals surface area contributed by atoms with Crippen molar-refractivity contribution in [2.45, 2.75) is 16.2 Å². The number of benzene rings is 2. The van der Waals surface area contributed by atoms with Gasteiger partial charge in [0.25, 0.3) is 10.0 Å². The molecule has 3 rings (SSSR count). The molecule has 0 aliphatic carbocycles. The van der Waals surface area contributed by atoms with Crippen LogP contribution in [0.25, 0.3) is 0 Å². The maximum Gasteiger partial charge on any atom is 0.262 e. The average Bonchev–Trinajstić information content (AvgIpc) is 2.85. The molecule has 7 heteroatoms. The van der Waals surface area contributed by atoms with Crippen LogP contribution in [-0.4, -0.2) is 27.4 Å². The summed E-state index contributed by atoms with van der Waals surface area (Å²) in [4.78, 5) is 0.987. The number of hydrogen-bond acceptors (Lipinski definition) is 5. The minimum atomic E-state index is -3.73. The second-order valence-corrected chi connectivity index (χ2v) is 8.10. The Kier molecular flexibility index (Phi) is 5.55. The first-order valence-corrected chi connectivity index (χ1v) is 10.3. The van der Waals surface area contributed by atoms with Crippen LogP contribution in [0.5, 0.6) is 11.5 Å². The Morgan fingerprint density at radius 1 is 1.12 bits per heavy atom. The van der Waals surface area contributed by atoms with Gasteiger partial charge in [0, 0.05) is 23.1 Å². The zero-order valence-corrected chi connectivity index (χ0v) is 15.2. The van der Waals surface area contributed by atoms with E-state index in [0.717, 1.165) is 11.3 Å². The van der Waals surface area contributed by atoms with Crippen molar-refractivity contribution in [3.8, 4) is 11.5 Å². The summed E-state index contributed by atoms with van der Waals surface area (Å²) in [7, 11) is -3.73. The molecule has 1 heterocycles. The Labute approximate surface area is 152 Å². The molecule has 0 saturated heterocycles. The van der Waals surface area contributed by atoms with E-state index >= 15 is 0 Å². The summed E-state index contributed by atoms with van der Waals surface area (Å²) in [5, 5.41) is 0. The van der Waals surface area contributed by atoms with Crippen molar-refractivity contribution in [2.24, 2.45) is 0 Å². The van der Waals surface area contributed by atoms with E-state index in [1.807, 2.05) is 12.1 Å². The molecular formula is C18H19NO4S2. The molecule has 0 unspecified atom stereocenters. The minimum absolute atomic E-state index is 0.139. The molecule has 0 aromatic heterocycles. The molecule has 0 radical (unpaired) electrons. The average molecular weight is 377 g/mol. The van der Waals surface area contributed by atoms with E-state index in [1.165, 1.54) is 23.9 Å². The third-order valence-corrected chi connectivity index (χ3v) is 5.95. The molecule has 2 aromatic rings. The summed E-state index contributed by atoms with van der Waals surface area (Å²) >= 11 is 1.52. The highest BCUT2D eigenvalue weighted by atomic mass is 32.2. The van der Waals surface area contributed by atoms with Gasteiger partial charge in [-0.05, 0) is 24.3 Å². The SMILES string of the molecule is C=CCSc1ccccc1NS(=O)(=O)c1ccc2c(c1)OCCCO2. The first kappa shape index (κ1) is 17.7. The van der Waals surface area contributed by atoms with Crippen molar-refractivity contribution in [1.82, 2.24) is 0 Å². The quantitative estimate of drug-likeness (QED) is 0.610. The van der Waals surface area contributed by atoms with Crippen molar-refractivity contribution in [1.29, 1.82) is 0 Å². The number of rotatable bonds is 6. The van der Waals surface area contributed by atoms with Crippen LogP contribution >= 0.6 is 11.8 Å². The molecule has 0 spiro atoms. The first-order valence-electron chi connectivity index (χ1n) is 7.85. The molecule has 0 atom stereocenters. The second kappa shape index (κ2) is 7.84. The molecule has 132 valence electrons. The van der Waals surface area contributed by atoms with E-state index in [9.17, 15) is 8.42 Å².